The van der Waals surface area contributed by atoms with Crippen LogP contribution in [0.4, 0.5) is 15.8 Å². The molecule has 0 atom stereocenters. The van der Waals surface area contributed by atoms with E-state index in [1.54, 1.807) is 54.4 Å². The Bertz CT molecular complexity index is 613. The van der Waals surface area contributed by atoms with Crippen LogP contribution in [0.25, 0.3) is 0 Å². The number of nitrogens with two attached hydrogens (primary N) is 1. The van der Waals surface area contributed by atoms with Crippen molar-refractivity contribution >= 4 is 17.2 Å². The molecule has 98 valence electrons. The molecular formula is C14H14FN3O. The number of nitrogens with zero attached hydrogens (tertiary/aromatic N) is 2. The highest BCUT2D eigenvalue weighted by Gasteiger charge is 2.14. The minimum Gasteiger partial charge on any atom is -0.409 e. The van der Waals surface area contributed by atoms with Crippen molar-refractivity contribution in [2.45, 2.75) is 0 Å². The number of amidine groups is 1. The van der Waals surface area contributed by atoms with Gasteiger partial charge in [0.1, 0.15) is 5.82 Å². The zero-order valence-electron chi connectivity index (χ0n) is 10.4. The number of anilines is 2. The number of oxime groups is 1. The maximum absolute atomic E-state index is 13.8. The first-order valence-corrected chi connectivity index (χ1v) is 5.70. The number of benzene rings is 2. The average molecular weight is 259 g/mol. The lowest BCUT2D eigenvalue weighted by molar-refractivity contribution is 0.318. The van der Waals surface area contributed by atoms with Gasteiger partial charge in [0.15, 0.2) is 5.84 Å². The van der Waals surface area contributed by atoms with Gasteiger partial charge in [-0.1, -0.05) is 29.4 Å². The van der Waals surface area contributed by atoms with E-state index in [4.69, 9.17) is 10.9 Å². The highest BCUT2D eigenvalue weighted by atomic mass is 19.1. The van der Waals surface area contributed by atoms with E-state index in [1.165, 1.54) is 6.07 Å². The molecule has 4 nitrogen and oxygen atoms in total. The first-order chi connectivity index (χ1) is 9.15. The van der Waals surface area contributed by atoms with Gasteiger partial charge in [0.05, 0.1) is 11.4 Å². The number of hydrogen-bond acceptors (Lipinski definition) is 3. The minimum atomic E-state index is -0.334. The van der Waals surface area contributed by atoms with Crippen LogP contribution >= 0.6 is 0 Å². The third kappa shape index (κ3) is 2.49. The maximum Gasteiger partial charge on any atom is 0.172 e. The minimum absolute atomic E-state index is 0.0150. The van der Waals surface area contributed by atoms with Crippen LogP contribution in [0.3, 0.4) is 0 Å². The van der Waals surface area contributed by atoms with Crippen LogP contribution in [0, 0.1) is 5.82 Å². The van der Waals surface area contributed by atoms with Gasteiger partial charge in [-0.3, -0.25) is 0 Å². The number of hydrogen-bond donors (Lipinski definition) is 2. The quantitative estimate of drug-likeness (QED) is 0.385. The summed E-state index contributed by atoms with van der Waals surface area (Å²) >= 11 is 0. The molecule has 0 aliphatic carbocycles. The fraction of sp³-hybridized carbons (Fsp3) is 0.0714. The normalized spacial score (nSPS) is 11.4. The molecule has 2 rings (SSSR count). The molecule has 0 saturated carbocycles. The summed E-state index contributed by atoms with van der Waals surface area (Å²) in [4.78, 5) is 1.66. The molecule has 0 aromatic heterocycles. The molecule has 0 spiro atoms. The summed E-state index contributed by atoms with van der Waals surface area (Å²) in [5, 5.41) is 11.8. The molecule has 2 aromatic rings. The molecule has 2 aromatic carbocycles. The second-order valence-electron chi connectivity index (χ2n) is 4.01. The van der Waals surface area contributed by atoms with E-state index in [1.807, 2.05) is 0 Å². The van der Waals surface area contributed by atoms with Crippen LogP contribution in [0.2, 0.25) is 0 Å². The molecule has 0 saturated heterocycles. The molecule has 3 N–H and O–H groups in total. The van der Waals surface area contributed by atoms with Gasteiger partial charge in [0.25, 0.3) is 0 Å². The van der Waals surface area contributed by atoms with Gasteiger partial charge >= 0.3 is 0 Å². The second kappa shape index (κ2) is 5.39. The molecule has 0 unspecified atom stereocenters. The third-order valence-electron chi connectivity index (χ3n) is 2.86. The van der Waals surface area contributed by atoms with Crippen molar-refractivity contribution in [3.63, 3.8) is 0 Å². The van der Waals surface area contributed by atoms with Crippen LogP contribution in [0.15, 0.2) is 53.7 Å². The predicted molar refractivity (Wildman–Crippen MR) is 73.4 cm³/mol. The van der Waals surface area contributed by atoms with Gasteiger partial charge in [-0.15, -0.1) is 0 Å². The van der Waals surface area contributed by atoms with Crippen LogP contribution in [0.1, 0.15) is 5.56 Å². The van der Waals surface area contributed by atoms with Gasteiger partial charge in [-0.2, -0.15) is 0 Å². The summed E-state index contributed by atoms with van der Waals surface area (Å²) in [6.07, 6.45) is 0. The Balaban J connectivity index is 2.51. The fourth-order valence-electron chi connectivity index (χ4n) is 1.89. The molecule has 5 heteroatoms. The summed E-state index contributed by atoms with van der Waals surface area (Å²) in [6.45, 7) is 0. The van der Waals surface area contributed by atoms with E-state index in [9.17, 15) is 4.39 Å². The molecule has 0 radical (unpaired) electrons. The zero-order valence-corrected chi connectivity index (χ0v) is 10.4. The molecule has 0 aliphatic heterocycles. The number of rotatable bonds is 3. The first kappa shape index (κ1) is 12.9. The average Bonchev–Trinajstić information content (AvgIpc) is 2.46. The molecule has 0 aliphatic rings. The van der Waals surface area contributed by atoms with Gasteiger partial charge in [-0.25, -0.2) is 4.39 Å². The second-order valence-corrected chi connectivity index (χ2v) is 4.01. The van der Waals surface area contributed by atoms with Crippen molar-refractivity contribution in [1.82, 2.24) is 0 Å². The van der Waals surface area contributed by atoms with Crippen LogP contribution in [-0.2, 0) is 0 Å². The highest BCUT2D eigenvalue weighted by Crippen LogP contribution is 2.28. The van der Waals surface area contributed by atoms with Gasteiger partial charge < -0.3 is 15.8 Å². The predicted octanol–water partition coefficient (Wildman–Crippen LogP) is 2.69. The summed E-state index contributed by atoms with van der Waals surface area (Å²) in [5.74, 6) is -0.349. The highest BCUT2D eigenvalue weighted by molar-refractivity contribution is 6.02. The number of para-hydroxylation sites is 2. The Hall–Kier alpha value is -2.56. The maximum atomic E-state index is 13.8. The summed E-state index contributed by atoms with van der Waals surface area (Å²) in [5.41, 5.74) is 7.24. The Morgan fingerprint density at radius 3 is 2.32 bits per heavy atom. The van der Waals surface area contributed by atoms with Gasteiger partial charge in [-0.05, 0) is 24.3 Å². The van der Waals surface area contributed by atoms with Crippen molar-refractivity contribution in [3.05, 3.63) is 59.9 Å². The summed E-state index contributed by atoms with van der Waals surface area (Å²) in [7, 11) is 1.72. The number of halogens is 1. The monoisotopic (exact) mass is 259 g/mol. The van der Waals surface area contributed by atoms with Crippen LogP contribution in [-0.4, -0.2) is 18.1 Å². The Kier molecular flexibility index (Phi) is 3.66. The Morgan fingerprint density at radius 1 is 1.11 bits per heavy atom. The van der Waals surface area contributed by atoms with Crippen molar-refractivity contribution < 1.29 is 9.60 Å². The van der Waals surface area contributed by atoms with Crippen molar-refractivity contribution in [1.29, 1.82) is 0 Å². The molecule has 19 heavy (non-hydrogen) atoms. The van der Waals surface area contributed by atoms with Crippen LogP contribution in [0.5, 0.6) is 0 Å². The SMILES string of the molecule is CN(c1ccccc1F)c1ccccc1C(N)=NO. The van der Waals surface area contributed by atoms with Crippen molar-refractivity contribution in [2.75, 3.05) is 11.9 Å². The van der Waals surface area contributed by atoms with E-state index in [0.29, 0.717) is 16.9 Å². The van der Waals surface area contributed by atoms with Gasteiger partial charge in [0, 0.05) is 12.6 Å². The van der Waals surface area contributed by atoms with Crippen LogP contribution < -0.4 is 10.6 Å². The third-order valence-corrected chi connectivity index (χ3v) is 2.86. The fourth-order valence-corrected chi connectivity index (χ4v) is 1.89. The van der Waals surface area contributed by atoms with E-state index >= 15 is 0 Å². The Morgan fingerprint density at radius 2 is 1.68 bits per heavy atom. The Labute approximate surface area is 110 Å². The van der Waals surface area contributed by atoms with E-state index in [-0.39, 0.29) is 11.7 Å². The molecule has 0 bridgehead atoms. The molecule has 0 amide bonds. The topological polar surface area (TPSA) is 61.8 Å². The molecule has 0 heterocycles. The lowest BCUT2D eigenvalue weighted by Crippen LogP contribution is -2.20. The summed E-state index contributed by atoms with van der Waals surface area (Å²) < 4.78 is 13.8. The van der Waals surface area contributed by atoms with E-state index in [0.717, 1.165) is 0 Å². The molecule has 0 fully saturated rings. The smallest absolute Gasteiger partial charge is 0.172 e. The van der Waals surface area contributed by atoms with Gasteiger partial charge in [0.2, 0.25) is 0 Å². The summed E-state index contributed by atoms with van der Waals surface area (Å²) in [6, 6.07) is 13.5. The largest absolute Gasteiger partial charge is 0.409 e. The standard InChI is InChI=1S/C14H14FN3O/c1-18(13-9-5-3-7-11(13)15)12-8-4-2-6-10(12)14(16)17-19/h2-9,19H,1H3,(H2,16,17). The first-order valence-electron chi connectivity index (χ1n) is 5.70. The molecular weight excluding hydrogens is 245 g/mol. The lowest BCUT2D eigenvalue weighted by Gasteiger charge is -2.22. The van der Waals surface area contributed by atoms with E-state index < -0.39 is 0 Å². The van der Waals surface area contributed by atoms with Crippen molar-refractivity contribution in [3.8, 4) is 0 Å². The lowest BCUT2D eigenvalue weighted by atomic mass is 10.1. The van der Waals surface area contributed by atoms with E-state index in [2.05, 4.69) is 5.16 Å². The zero-order chi connectivity index (χ0) is 13.8. The van der Waals surface area contributed by atoms with Crippen molar-refractivity contribution in [2.24, 2.45) is 10.9 Å².